The predicted octanol–water partition coefficient (Wildman–Crippen LogP) is 1.69. The van der Waals surface area contributed by atoms with Gasteiger partial charge in [-0.1, -0.05) is 24.3 Å². The van der Waals surface area contributed by atoms with Gasteiger partial charge in [0.25, 0.3) is 5.91 Å². The number of carbonyl (C=O) groups excluding carboxylic acids is 1. The van der Waals surface area contributed by atoms with E-state index >= 15 is 0 Å². The van der Waals surface area contributed by atoms with E-state index < -0.39 is 18.5 Å². The Morgan fingerprint density at radius 1 is 1.00 bits per heavy atom. The molecule has 0 saturated carbocycles. The van der Waals surface area contributed by atoms with Gasteiger partial charge in [0.1, 0.15) is 5.75 Å². The van der Waals surface area contributed by atoms with Crippen LogP contribution in [0.3, 0.4) is 0 Å². The molecule has 0 bridgehead atoms. The first kappa shape index (κ1) is 18.8. The second-order valence-corrected chi connectivity index (χ2v) is 4.95. The normalized spacial score (nSPS) is 10.3. The van der Waals surface area contributed by atoms with Gasteiger partial charge in [-0.2, -0.15) is 5.10 Å². The van der Waals surface area contributed by atoms with Crippen LogP contribution < -0.4 is 19.6 Å². The number of nitrogens with zero attached hydrogens (tertiary/aromatic N) is 1. The Morgan fingerprint density at radius 2 is 1.62 bits per heavy atom. The number of methoxy groups -OCH3 is 1. The summed E-state index contributed by atoms with van der Waals surface area (Å²) in [5, 5.41) is 12.5. The number of benzene rings is 2. The van der Waals surface area contributed by atoms with Gasteiger partial charge >= 0.3 is 5.97 Å². The third kappa shape index (κ3) is 5.82. The summed E-state index contributed by atoms with van der Waals surface area (Å²) in [4.78, 5) is 22.4. The van der Waals surface area contributed by atoms with Gasteiger partial charge in [0.15, 0.2) is 24.7 Å². The molecule has 26 heavy (non-hydrogen) atoms. The van der Waals surface area contributed by atoms with E-state index in [-0.39, 0.29) is 6.61 Å². The number of aliphatic carboxylic acids is 1. The Labute approximate surface area is 150 Å². The van der Waals surface area contributed by atoms with E-state index in [1.165, 1.54) is 13.3 Å². The third-order valence-corrected chi connectivity index (χ3v) is 3.09. The Morgan fingerprint density at radius 3 is 2.31 bits per heavy atom. The fourth-order valence-corrected chi connectivity index (χ4v) is 1.95. The maximum absolute atomic E-state index is 11.8. The van der Waals surface area contributed by atoms with Crippen molar-refractivity contribution in [3.63, 3.8) is 0 Å². The summed E-state index contributed by atoms with van der Waals surface area (Å²) in [6.07, 6.45) is 1.36. The largest absolute Gasteiger partial charge is 0.493 e. The zero-order valence-electron chi connectivity index (χ0n) is 14.0. The highest BCUT2D eigenvalue weighted by Gasteiger charge is 2.07. The van der Waals surface area contributed by atoms with Crippen molar-refractivity contribution in [2.45, 2.75) is 0 Å². The number of rotatable bonds is 9. The molecule has 2 N–H and O–H groups in total. The van der Waals surface area contributed by atoms with Crippen molar-refractivity contribution >= 4 is 18.1 Å². The van der Waals surface area contributed by atoms with Gasteiger partial charge in [0.05, 0.1) is 13.3 Å². The minimum Gasteiger partial charge on any atom is -0.493 e. The van der Waals surface area contributed by atoms with E-state index in [1.54, 1.807) is 48.5 Å². The number of hydrogen-bond acceptors (Lipinski definition) is 6. The van der Waals surface area contributed by atoms with Crippen LogP contribution in [-0.4, -0.2) is 43.5 Å². The van der Waals surface area contributed by atoms with Gasteiger partial charge in [-0.15, -0.1) is 0 Å². The third-order valence-electron chi connectivity index (χ3n) is 3.09. The van der Waals surface area contributed by atoms with Gasteiger partial charge in [-0.25, -0.2) is 10.2 Å². The molecular weight excluding hydrogens is 340 g/mol. The second-order valence-electron chi connectivity index (χ2n) is 4.95. The zero-order valence-corrected chi connectivity index (χ0v) is 14.0. The molecule has 0 aliphatic heterocycles. The second kappa shape index (κ2) is 9.67. The lowest BCUT2D eigenvalue weighted by Crippen LogP contribution is -2.24. The average molecular weight is 358 g/mol. The van der Waals surface area contributed by atoms with Crippen LogP contribution >= 0.6 is 0 Å². The molecule has 0 spiro atoms. The molecule has 0 atom stereocenters. The van der Waals surface area contributed by atoms with Crippen molar-refractivity contribution in [1.82, 2.24) is 5.43 Å². The van der Waals surface area contributed by atoms with Crippen molar-refractivity contribution in [3.05, 3.63) is 54.1 Å². The van der Waals surface area contributed by atoms with Crippen LogP contribution in [0.5, 0.6) is 17.2 Å². The van der Waals surface area contributed by atoms with Crippen molar-refractivity contribution in [3.8, 4) is 17.2 Å². The molecular formula is C18H18N2O6. The number of hydrazone groups is 1. The lowest BCUT2D eigenvalue weighted by atomic mass is 10.2. The molecule has 0 radical (unpaired) electrons. The molecule has 8 nitrogen and oxygen atoms in total. The maximum atomic E-state index is 11.8. The number of carboxylic acid groups (broad SMARTS) is 1. The predicted molar refractivity (Wildman–Crippen MR) is 93.8 cm³/mol. The van der Waals surface area contributed by atoms with Gasteiger partial charge in [0, 0.05) is 5.56 Å². The Balaban J connectivity index is 1.88. The molecule has 1 amide bonds. The minimum absolute atomic E-state index is 0.241. The fraction of sp³-hybridized carbons (Fsp3) is 0.167. The number of para-hydroxylation sites is 3. The van der Waals surface area contributed by atoms with Gasteiger partial charge in [0.2, 0.25) is 0 Å². The molecule has 0 heterocycles. The van der Waals surface area contributed by atoms with Crippen LogP contribution in [-0.2, 0) is 9.59 Å². The summed E-state index contributed by atoms with van der Waals surface area (Å²) in [6.45, 7) is -0.709. The summed E-state index contributed by atoms with van der Waals surface area (Å²) < 4.78 is 15.7. The first-order chi connectivity index (χ1) is 12.6. The molecule has 0 fully saturated rings. The van der Waals surface area contributed by atoms with Crippen LogP contribution in [0.4, 0.5) is 0 Å². The number of amides is 1. The van der Waals surface area contributed by atoms with Crippen LogP contribution in [0.25, 0.3) is 0 Å². The molecule has 2 aromatic rings. The van der Waals surface area contributed by atoms with E-state index in [0.29, 0.717) is 22.8 Å². The summed E-state index contributed by atoms with van der Waals surface area (Å²) in [7, 11) is 1.51. The standard InChI is InChI=1S/C18H18N2O6/c1-24-15-8-4-5-9-16(15)25-11-17(21)20-19-10-13-6-2-3-7-14(13)26-12-18(22)23/h2-10H,11-12H2,1H3,(H,20,21)(H,22,23)/b19-10-. The maximum Gasteiger partial charge on any atom is 0.341 e. The van der Waals surface area contributed by atoms with Crippen LogP contribution in [0.15, 0.2) is 53.6 Å². The van der Waals surface area contributed by atoms with Crippen molar-refractivity contribution in [2.75, 3.05) is 20.3 Å². The highest BCUT2D eigenvalue weighted by Crippen LogP contribution is 2.25. The van der Waals surface area contributed by atoms with Crippen molar-refractivity contribution in [1.29, 1.82) is 0 Å². The van der Waals surface area contributed by atoms with E-state index in [4.69, 9.17) is 19.3 Å². The molecule has 0 aliphatic carbocycles. The van der Waals surface area contributed by atoms with E-state index in [0.717, 1.165) is 0 Å². The molecule has 0 aromatic heterocycles. The van der Waals surface area contributed by atoms with Crippen molar-refractivity contribution in [2.24, 2.45) is 5.10 Å². The number of hydrogen-bond donors (Lipinski definition) is 2. The molecule has 2 aromatic carbocycles. The fourth-order valence-electron chi connectivity index (χ4n) is 1.95. The van der Waals surface area contributed by atoms with Gasteiger partial charge < -0.3 is 19.3 Å². The average Bonchev–Trinajstić information content (AvgIpc) is 2.65. The summed E-state index contributed by atoms with van der Waals surface area (Å²) in [5.74, 6) is -0.234. The number of ether oxygens (including phenoxy) is 3. The van der Waals surface area contributed by atoms with E-state index in [1.807, 2.05) is 0 Å². The Kier molecular flexibility index (Phi) is 6.99. The van der Waals surface area contributed by atoms with Crippen LogP contribution in [0.1, 0.15) is 5.56 Å². The van der Waals surface area contributed by atoms with E-state index in [2.05, 4.69) is 10.5 Å². The lowest BCUT2D eigenvalue weighted by Gasteiger charge is -2.09. The summed E-state index contributed by atoms with van der Waals surface area (Å²) in [5.41, 5.74) is 2.85. The quantitative estimate of drug-likeness (QED) is 0.522. The van der Waals surface area contributed by atoms with Gasteiger partial charge in [-0.3, -0.25) is 4.79 Å². The van der Waals surface area contributed by atoms with Gasteiger partial charge in [-0.05, 0) is 24.3 Å². The molecule has 0 saturated heterocycles. The summed E-state index contributed by atoms with van der Waals surface area (Å²) in [6, 6.07) is 13.7. The Bertz CT molecular complexity index is 791. The van der Waals surface area contributed by atoms with Crippen LogP contribution in [0.2, 0.25) is 0 Å². The van der Waals surface area contributed by atoms with Crippen LogP contribution in [0, 0.1) is 0 Å². The molecule has 136 valence electrons. The highest BCUT2D eigenvalue weighted by molar-refractivity contribution is 5.85. The lowest BCUT2D eigenvalue weighted by molar-refractivity contribution is -0.139. The zero-order chi connectivity index (χ0) is 18.8. The monoisotopic (exact) mass is 358 g/mol. The van der Waals surface area contributed by atoms with Crippen molar-refractivity contribution < 1.29 is 28.9 Å². The number of carboxylic acids is 1. The Hall–Kier alpha value is -3.55. The smallest absolute Gasteiger partial charge is 0.341 e. The molecule has 0 unspecified atom stereocenters. The van der Waals surface area contributed by atoms with E-state index in [9.17, 15) is 9.59 Å². The first-order valence-corrected chi connectivity index (χ1v) is 7.61. The number of nitrogens with one attached hydrogen (secondary N) is 1. The topological polar surface area (TPSA) is 106 Å². The number of carbonyl (C=O) groups is 2. The highest BCUT2D eigenvalue weighted by atomic mass is 16.5. The molecule has 2 rings (SSSR count). The summed E-state index contributed by atoms with van der Waals surface area (Å²) >= 11 is 0. The minimum atomic E-state index is -1.08. The molecule has 0 aliphatic rings. The SMILES string of the molecule is COc1ccccc1OCC(=O)N/N=C\c1ccccc1OCC(=O)O. The first-order valence-electron chi connectivity index (χ1n) is 7.61. The molecule has 8 heteroatoms.